The number of aliphatic hydroxyl groups is 4. The van der Waals surface area contributed by atoms with Crippen LogP contribution in [0, 0.1) is 23.2 Å². The molecular formula is C70H82N10O16S. The first-order valence-electron chi connectivity index (χ1n) is 32.9. The number of hydrogen-bond acceptors (Lipinski definition) is 20. The predicted molar refractivity (Wildman–Crippen MR) is 355 cm³/mol. The summed E-state index contributed by atoms with van der Waals surface area (Å²) in [4.78, 5) is 104. The number of imide groups is 1. The zero-order valence-corrected chi connectivity index (χ0v) is 55.5. The highest BCUT2D eigenvalue weighted by atomic mass is 32.1. The fraction of sp³-hybridized carbons (Fsp3) is 0.486. The van der Waals surface area contributed by atoms with Gasteiger partial charge < -0.3 is 64.9 Å². The van der Waals surface area contributed by atoms with Gasteiger partial charge in [0, 0.05) is 93.7 Å². The van der Waals surface area contributed by atoms with Gasteiger partial charge in [-0.15, -0.1) is 0 Å². The van der Waals surface area contributed by atoms with E-state index in [0.29, 0.717) is 78.5 Å². The number of thiazole rings is 1. The van der Waals surface area contributed by atoms with Crippen molar-refractivity contribution in [3.05, 3.63) is 125 Å². The minimum atomic E-state index is -1.76. The molecule has 6 amide bonds. The number of carbonyl (C=O) groups excluding carboxylic acids is 6. The molecule has 0 spiro atoms. The first-order valence-corrected chi connectivity index (χ1v) is 33.7. The Morgan fingerprint density at radius 1 is 0.825 bits per heavy atom. The minimum absolute atomic E-state index is 0.0256. The van der Waals surface area contributed by atoms with Crippen molar-refractivity contribution in [1.82, 2.24) is 34.9 Å². The molecule has 5 fully saturated rings. The van der Waals surface area contributed by atoms with Crippen molar-refractivity contribution in [1.29, 1.82) is 0 Å². The molecule has 514 valence electrons. The van der Waals surface area contributed by atoms with Gasteiger partial charge in [0.1, 0.15) is 42.6 Å². The van der Waals surface area contributed by atoms with Crippen LogP contribution in [0.5, 0.6) is 5.75 Å². The molecule has 97 heavy (non-hydrogen) atoms. The Kier molecular flexibility index (Phi) is 19.7. The largest absolute Gasteiger partial charge is 0.476 e. The van der Waals surface area contributed by atoms with Gasteiger partial charge in [-0.2, -0.15) is 5.10 Å². The molecule has 4 saturated carbocycles. The number of nitrogens with zero attached hydrogens (tertiary/aromatic N) is 7. The zero-order valence-electron chi connectivity index (χ0n) is 54.7. The van der Waals surface area contributed by atoms with E-state index in [1.54, 1.807) is 25.4 Å². The fourth-order valence-electron chi connectivity index (χ4n) is 16.3. The fourth-order valence-corrected chi connectivity index (χ4v) is 17.2. The lowest BCUT2D eigenvalue weighted by Crippen LogP contribution is -2.64. The maximum absolute atomic E-state index is 13.8. The highest BCUT2D eigenvalue weighted by molar-refractivity contribution is 7.22. The average Bonchev–Trinajstić information content (AvgIpc) is 1.15. The van der Waals surface area contributed by atoms with Crippen molar-refractivity contribution in [2.45, 2.75) is 154 Å². The minimum Gasteiger partial charge on any atom is -0.476 e. The SMILES string of the molecule is Cc1c(-c2ccc(N3CCc4cccc(C(=O)Nc5nc6ccccc6s5)c4C3)nc2C(=O)O)cnn1CC12CC3(C)CC(C)(C1)CC(OCCN(C)C(=O)OCc1ccc(O[C@@H]4O[C@H](CO)[C@H](O)[C@H](O)[C@H]4O)c(NC(=O)CCNC(=O)CCCCCN4C(=O)C=CC4=O)c1)(C3)C2. The number of benzene rings is 3. The van der Waals surface area contributed by atoms with Gasteiger partial charge in [0.15, 0.2) is 10.8 Å². The molecule has 26 nitrogen and oxygen atoms in total. The lowest BCUT2D eigenvalue weighted by molar-refractivity contribution is -0.277. The number of para-hydroxylation sites is 1. The second-order valence-electron chi connectivity index (χ2n) is 27.7. The lowest BCUT2D eigenvalue weighted by atomic mass is 9.39. The average molecular weight is 1350 g/mol. The van der Waals surface area contributed by atoms with Crippen molar-refractivity contribution in [2.24, 2.45) is 16.2 Å². The Hall–Kier alpha value is -8.70. The summed E-state index contributed by atoms with van der Waals surface area (Å²) in [6, 6.07) is 21.5. The van der Waals surface area contributed by atoms with Crippen LogP contribution < -0.4 is 25.6 Å². The Morgan fingerprint density at radius 3 is 2.35 bits per heavy atom. The van der Waals surface area contributed by atoms with E-state index in [2.05, 4.69) is 34.8 Å². The number of likely N-dealkylation sites (N-methyl/N-ethyl adjacent to an activating group) is 1. The van der Waals surface area contributed by atoms with Crippen LogP contribution in [0.25, 0.3) is 21.3 Å². The van der Waals surface area contributed by atoms with E-state index in [9.17, 15) is 59.1 Å². The summed E-state index contributed by atoms with van der Waals surface area (Å²) in [6.07, 6.45) is 3.24. The van der Waals surface area contributed by atoms with E-state index in [4.69, 9.17) is 29.0 Å². The molecule has 7 aliphatic rings. The summed E-state index contributed by atoms with van der Waals surface area (Å²) >= 11 is 1.41. The Morgan fingerprint density at radius 2 is 1.60 bits per heavy atom. The summed E-state index contributed by atoms with van der Waals surface area (Å²) in [6.45, 7) is 7.91. The monoisotopic (exact) mass is 1350 g/mol. The van der Waals surface area contributed by atoms with E-state index in [1.165, 1.54) is 40.5 Å². The molecule has 6 aromatic rings. The van der Waals surface area contributed by atoms with E-state index >= 15 is 0 Å². The first-order chi connectivity index (χ1) is 46.4. The number of aliphatic hydroxyl groups excluding tert-OH is 4. The highest BCUT2D eigenvalue weighted by Crippen LogP contribution is 2.72. The quantitative estimate of drug-likeness (QED) is 0.0202. The third-order valence-corrected chi connectivity index (χ3v) is 20.7. The Bertz CT molecular complexity index is 3990. The Balaban J connectivity index is 0.659. The molecule has 3 aliphatic heterocycles. The molecule has 1 saturated heterocycles. The second-order valence-corrected chi connectivity index (χ2v) is 28.7. The second kappa shape index (κ2) is 28.0. The van der Waals surface area contributed by atoms with Crippen molar-refractivity contribution < 1.29 is 78.0 Å². The summed E-state index contributed by atoms with van der Waals surface area (Å²) in [5, 5.41) is 66.0. The molecule has 13 rings (SSSR count). The molecular weight excluding hydrogens is 1270 g/mol. The molecule has 3 aromatic carbocycles. The number of carboxylic acids is 1. The molecule has 4 bridgehead atoms. The topological polar surface area (TPSA) is 347 Å². The molecule has 7 atom stereocenters. The molecule has 0 radical (unpaired) electrons. The van der Waals surface area contributed by atoms with Crippen LogP contribution in [0.15, 0.2) is 91.1 Å². The van der Waals surface area contributed by atoms with E-state index in [1.807, 2.05) is 65.0 Å². The Labute approximate surface area is 563 Å². The highest BCUT2D eigenvalue weighted by Gasteiger charge is 2.66. The smallest absolute Gasteiger partial charge is 0.409 e. The molecule has 2 unspecified atom stereocenters. The van der Waals surface area contributed by atoms with Crippen LogP contribution in [0.1, 0.15) is 128 Å². The van der Waals surface area contributed by atoms with Crippen LogP contribution in [-0.4, -0.2) is 179 Å². The van der Waals surface area contributed by atoms with E-state index in [-0.39, 0.29) is 103 Å². The van der Waals surface area contributed by atoms with Crippen molar-refractivity contribution in [3.63, 3.8) is 0 Å². The van der Waals surface area contributed by atoms with Gasteiger partial charge in [0.05, 0.1) is 40.9 Å². The summed E-state index contributed by atoms with van der Waals surface area (Å²) in [5.41, 5.74) is 4.82. The van der Waals surface area contributed by atoms with Crippen molar-refractivity contribution in [2.75, 3.05) is 62.0 Å². The number of carbonyl (C=O) groups is 7. The standard InChI is InChI=1S/C70H82N10O16S/c1-41-46(44-17-19-53(75-58(44)63(90)91)78-26-23-43-11-10-12-45(47(43)31-78)62(89)76-65-74-48-13-7-8-14-52(48)97-65)30-72-80(41)40-69-35-67(2)34-68(3,36-69)38-70(37-67,39-69)94-28-27-77(4)66(92)93-33-42-16-18-50(95-64-61(88)60(87)59(86)51(32-81)96-64)49(29-42)73-55(83)22-24-71-54(82)15-6-5-9-25-79-56(84)20-21-57(79)85/h7-8,10-14,16-21,29-30,51,59-61,64,81,86-88H,5-6,9,15,22-28,31-40H2,1-4H3,(H,71,82)(H,73,83)(H,90,91)(H,74,76,89)/t51-,59+,60+,61-,64-,67?,68?,69?,70?/m1/s1. The van der Waals surface area contributed by atoms with Gasteiger partial charge in [-0.3, -0.25) is 38.9 Å². The molecule has 8 N–H and O–H groups in total. The summed E-state index contributed by atoms with van der Waals surface area (Å²) in [7, 11) is 1.62. The third kappa shape index (κ3) is 14.9. The third-order valence-electron chi connectivity index (χ3n) is 19.7. The van der Waals surface area contributed by atoms with Crippen LogP contribution in [-0.2, 0) is 59.5 Å². The van der Waals surface area contributed by atoms with Gasteiger partial charge in [-0.25, -0.2) is 19.6 Å². The number of amides is 6. The van der Waals surface area contributed by atoms with Gasteiger partial charge in [0.2, 0.25) is 18.1 Å². The van der Waals surface area contributed by atoms with Crippen molar-refractivity contribution in [3.8, 4) is 16.9 Å². The lowest BCUT2D eigenvalue weighted by Gasteiger charge is -2.69. The predicted octanol–water partition coefficient (Wildman–Crippen LogP) is 6.89. The van der Waals surface area contributed by atoms with Gasteiger partial charge >= 0.3 is 12.1 Å². The van der Waals surface area contributed by atoms with Gasteiger partial charge in [-0.1, -0.05) is 61.9 Å². The number of nitrogens with one attached hydrogen (secondary N) is 3. The number of anilines is 3. The number of rotatable bonds is 26. The number of ether oxygens (including phenoxy) is 4. The number of pyridine rings is 1. The number of fused-ring (bicyclic) bond motifs is 2. The van der Waals surface area contributed by atoms with E-state index < -0.39 is 60.9 Å². The maximum Gasteiger partial charge on any atom is 0.409 e. The normalized spacial score (nSPS) is 25.5. The molecule has 4 aliphatic carbocycles. The number of hydrogen-bond donors (Lipinski definition) is 8. The zero-order chi connectivity index (χ0) is 68.6. The number of aromatic nitrogens is 4. The number of carboxylic acid groups (broad SMARTS) is 1. The summed E-state index contributed by atoms with van der Waals surface area (Å²) < 4.78 is 27.3. The van der Waals surface area contributed by atoms with Crippen molar-refractivity contribution >= 4 is 79.8 Å². The van der Waals surface area contributed by atoms with Gasteiger partial charge in [0.25, 0.3) is 17.7 Å². The molecule has 27 heteroatoms. The van der Waals surface area contributed by atoms with Crippen LogP contribution >= 0.6 is 11.3 Å². The van der Waals surface area contributed by atoms with Crippen LogP contribution in [0.4, 0.5) is 21.4 Å². The van der Waals surface area contributed by atoms with Crippen LogP contribution in [0.2, 0.25) is 0 Å². The first kappa shape index (κ1) is 68.2. The van der Waals surface area contributed by atoms with Gasteiger partial charge in [-0.05, 0) is 140 Å². The van der Waals surface area contributed by atoms with E-state index in [0.717, 1.165) is 70.5 Å². The van der Waals surface area contributed by atoms with Crippen LogP contribution in [0.3, 0.4) is 0 Å². The molecule has 6 heterocycles. The number of aromatic carboxylic acids is 1. The maximum atomic E-state index is 13.8. The molecule has 3 aromatic heterocycles. The summed E-state index contributed by atoms with van der Waals surface area (Å²) in [5.74, 6) is -2.55. The number of unbranched alkanes of at least 4 members (excludes halogenated alkanes) is 2.